The maximum absolute atomic E-state index is 11.9. The van der Waals surface area contributed by atoms with E-state index in [1.807, 2.05) is 25.1 Å². The molecule has 3 heteroatoms. The summed E-state index contributed by atoms with van der Waals surface area (Å²) < 4.78 is 0.838. The van der Waals surface area contributed by atoms with E-state index in [1.165, 1.54) is 0 Å². The molecule has 1 aromatic rings. The van der Waals surface area contributed by atoms with Crippen LogP contribution in [0.15, 0.2) is 22.7 Å². The van der Waals surface area contributed by atoms with E-state index in [9.17, 15) is 4.79 Å². The molecule has 88 valence electrons. The van der Waals surface area contributed by atoms with Gasteiger partial charge < -0.3 is 5.32 Å². The Bertz CT molecular complexity index is 393. The molecule has 0 heterocycles. The first-order valence-electron chi connectivity index (χ1n) is 5.34. The lowest BCUT2D eigenvalue weighted by Crippen LogP contribution is -2.32. The van der Waals surface area contributed by atoms with Crippen LogP contribution < -0.4 is 5.32 Å². The average molecular weight is 284 g/mol. The smallest absolute Gasteiger partial charge is 0.252 e. The minimum atomic E-state index is -0.0227. The van der Waals surface area contributed by atoms with Crippen molar-refractivity contribution in [1.29, 1.82) is 0 Å². The third-order valence-corrected chi connectivity index (χ3v) is 2.84. The van der Waals surface area contributed by atoms with Crippen LogP contribution in [0.25, 0.3) is 0 Å². The second-order valence-corrected chi connectivity index (χ2v) is 6.08. The minimum absolute atomic E-state index is 0.0227. The number of carbonyl (C=O) groups is 1. The molecule has 0 atom stereocenters. The molecule has 0 bridgehead atoms. The van der Waals surface area contributed by atoms with E-state index < -0.39 is 0 Å². The summed E-state index contributed by atoms with van der Waals surface area (Å²) in [7, 11) is 0. The maximum Gasteiger partial charge on any atom is 0.252 e. The highest BCUT2D eigenvalue weighted by Crippen LogP contribution is 2.18. The number of carbonyl (C=O) groups excluding carboxylic acids is 1. The van der Waals surface area contributed by atoms with Gasteiger partial charge in [0.15, 0.2) is 0 Å². The van der Waals surface area contributed by atoms with Gasteiger partial charge in [-0.15, -0.1) is 0 Å². The number of aryl methyl sites for hydroxylation is 1. The lowest BCUT2D eigenvalue weighted by atomic mass is 9.97. The number of hydrogen-bond donors (Lipinski definition) is 1. The number of nitrogens with one attached hydrogen (secondary N) is 1. The summed E-state index contributed by atoms with van der Waals surface area (Å²) in [5, 5.41) is 2.94. The zero-order valence-corrected chi connectivity index (χ0v) is 11.8. The Labute approximate surface area is 106 Å². The van der Waals surface area contributed by atoms with Crippen molar-refractivity contribution in [3.05, 3.63) is 33.8 Å². The van der Waals surface area contributed by atoms with E-state index in [4.69, 9.17) is 0 Å². The predicted octanol–water partition coefficient (Wildman–Crippen LogP) is 3.53. The van der Waals surface area contributed by atoms with Gasteiger partial charge in [-0.1, -0.05) is 32.4 Å². The summed E-state index contributed by atoms with van der Waals surface area (Å²) in [6.07, 6.45) is 0. The molecule has 0 aliphatic heterocycles. The van der Waals surface area contributed by atoms with Crippen LogP contribution in [0.2, 0.25) is 0 Å². The fourth-order valence-corrected chi connectivity index (χ4v) is 1.68. The van der Waals surface area contributed by atoms with Crippen molar-refractivity contribution in [2.24, 2.45) is 5.41 Å². The fraction of sp³-hybridized carbons (Fsp3) is 0.462. The van der Waals surface area contributed by atoms with Crippen molar-refractivity contribution >= 4 is 21.8 Å². The van der Waals surface area contributed by atoms with Crippen LogP contribution in [-0.2, 0) is 0 Å². The van der Waals surface area contributed by atoms with Gasteiger partial charge in [0, 0.05) is 11.0 Å². The predicted molar refractivity (Wildman–Crippen MR) is 70.7 cm³/mol. The Balaban J connectivity index is 2.77. The van der Waals surface area contributed by atoms with Crippen molar-refractivity contribution in [2.75, 3.05) is 6.54 Å². The fourth-order valence-electron chi connectivity index (χ4n) is 1.25. The Morgan fingerprint density at radius 2 is 2.00 bits per heavy atom. The first-order valence-corrected chi connectivity index (χ1v) is 6.13. The molecular formula is C13H18BrNO. The molecule has 0 spiro atoms. The van der Waals surface area contributed by atoms with Crippen LogP contribution in [0, 0.1) is 12.3 Å². The second-order valence-electron chi connectivity index (χ2n) is 5.23. The minimum Gasteiger partial charge on any atom is -0.351 e. The third kappa shape index (κ3) is 3.97. The molecule has 1 N–H and O–H groups in total. The summed E-state index contributed by atoms with van der Waals surface area (Å²) in [6, 6.07) is 5.77. The van der Waals surface area contributed by atoms with Gasteiger partial charge in [-0.05, 0) is 40.4 Å². The molecule has 2 nitrogen and oxygen atoms in total. The Hall–Kier alpha value is -0.830. The number of amides is 1. The molecular weight excluding hydrogens is 266 g/mol. The zero-order chi connectivity index (χ0) is 12.3. The highest BCUT2D eigenvalue weighted by molar-refractivity contribution is 9.10. The van der Waals surface area contributed by atoms with Gasteiger partial charge in [-0.3, -0.25) is 4.79 Å². The second kappa shape index (κ2) is 5.00. The number of halogens is 1. The van der Waals surface area contributed by atoms with E-state index in [2.05, 4.69) is 42.0 Å². The lowest BCUT2D eigenvalue weighted by Gasteiger charge is -2.19. The van der Waals surface area contributed by atoms with Crippen molar-refractivity contribution in [1.82, 2.24) is 5.32 Å². The molecule has 1 aromatic carbocycles. The molecule has 0 saturated heterocycles. The molecule has 0 aliphatic rings. The summed E-state index contributed by atoms with van der Waals surface area (Å²) in [5.41, 5.74) is 1.89. The lowest BCUT2D eigenvalue weighted by molar-refractivity contribution is 0.0938. The Morgan fingerprint density at radius 1 is 1.38 bits per heavy atom. The molecule has 1 rings (SSSR count). The van der Waals surface area contributed by atoms with Crippen molar-refractivity contribution in [3.63, 3.8) is 0 Å². The van der Waals surface area contributed by atoms with Gasteiger partial charge in [0.1, 0.15) is 0 Å². The van der Waals surface area contributed by atoms with E-state index in [0.717, 1.165) is 10.0 Å². The maximum atomic E-state index is 11.9. The molecule has 0 unspecified atom stereocenters. The van der Waals surface area contributed by atoms with Crippen molar-refractivity contribution in [3.8, 4) is 0 Å². The van der Waals surface area contributed by atoms with E-state index in [1.54, 1.807) is 0 Å². The molecule has 0 fully saturated rings. The first-order chi connectivity index (χ1) is 7.29. The highest BCUT2D eigenvalue weighted by Gasteiger charge is 2.14. The highest BCUT2D eigenvalue weighted by atomic mass is 79.9. The van der Waals surface area contributed by atoms with Crippen molar-refractivity contribution in [2.45, 2.75) is 27.7 Å². The molecule has 0 aromatic heterocycles. The van der Waals surface area contributed by atoms with Gasteiger partial charge in [0.05, 0.1) is 5.56 Å². The van der Waals surface area contributed by atoms with Gasteiger partial charge >= 0.3 is 0 Å². The number of benzene rings is 1. The van der Waals surface area contributed by atoms with Gasteiger partial charge in [0.2, 0.25) is 0 Å². The van der Waals surface area contributed by atoms with Crippen LogP contribution in [0.5, 0.6) is 0 Å². The van der Waals surface area contributed by atoms with Gasteiger partial charge in [-0.25, -0.2) is 0 Å². The Morgan fingerprint density at radius 3 is 2.56 bits per heavy atom. The summed E-state index contributed by atoms with van der Waals surface area (Å²) in [4.78, 5) is 11.9. The van der Waals surface area contributed by atoms with Gasteiger partial charge in [0.25, 0.3) is 5.91 Å². The largest absolute Gasteiger partial charge is 0.351 e. The zero-order valence-electron chi connectivity index (χ0n) is 10.2. The monoisotopic (exact) mass is 283 g/mol. The van der Waals surface area contributed by atoms with Crippen LogP contribution in [0.3, 0.4) is 0 Å². The molecule has 0 saturated carbocycles. The standard InChI is InChI=1S/C13H18BrNO/c1-9-5-6-11(14)10(7-9)12(16)15-8-13(2,3)4/h5-7H,8H2,1-4H3,(H,15,16). The van der Waals surface area contributed by atoms with E-state index in [-0.39, 0.29) is 11.3 Å². The normalized spacial score (nSPS) is 11.3. The van der Waals surface area contributed by atoms with Crippen LogP contribution >= 0.6 is 15.9 Å². The SMILES string of the molecule is Cc1ccc(Br)c(C(=O)NCC(C)(C)C)c1. The number of rotatable bonds is 2. The molecule has 16 heavy (non-hydrogen) atoms. The van der Waals surface area contributed by atoms with E-state index >= 15 is 0 Å². The molecule has 1 amide bonds. The molecule has 0 radical (unpaired) electrons. The van der Waals surface area contributed by atoms with Crippen molar-refractivity contribution < 1.29 is 4.79 Å². The van der Waals surface area contributed by atoms with Crippen LogP contribution in [0.1, 0.15) is 36.7 Å². The Kier molecular flexibility index (Phi) is 4.14. The molecule has 0 aliphatic carbocycles. The summed E-state index contributed by atoms with van der Waals surface area (Å²) in [6.45, 7) is 8.94. The summed E-state index contributed by atoms with van der Waals surface area (Å²) in [5.74, 6) is -0.0227. The van der Waals surface area contributed by atoms with Crippen LogP contribution in [0.4, 0.5) is 0 Å². The topological polar surface area (TPSA) is 29.1 Å². The average Bonchev–Trinajstić information content (AvgIpc) is 2.17. The quantitative estimate of drug-likeness (QED) is 0.884. The van der Waals surface area contributed by atoms with E-state index in [0.29, 0.717) is 12.1 Å². The first kappa shape index (κ1) is 13.2. The van der Waals surface area contributed by atoms with Gasteiger partial charge in [-0.2, -0.15) is 0 Å². The summed E-state index contributed by atoms with van der Waals surface area (Å²) >= 11 is 3.39. The number of hydrogen-bond acceptors (Lipinski definition) is 1. The van der Waals surface area contributed by atoms with Crippen LogP contribution in [-0.4, -0.2) is 12.5 Å². The third-order valence-electron chi connectivity index (χ3n) is 2.15.